The fourth-order valence-electron chi connectivity index (χ4n) is 2.44. The van der Waals surface area contributed by atoms with E-state index in [0.717, 1.165) is 28.4 Å². The lowest BCUT2D eigenvalue weighted by atomic mass is 10.2. The summed E-state index contributed by atoms with van der Waals surface area (Å²) in [4.78, 5) is 19.0. The summed E-state index contributed by atoms with van der Waals surface area (Å²) in [5.74, 6) is 0.0685. The number of nitrogens with zero attached hydrogens (tertiary/aromatic N) is 2. The number of nitrogens with one attached hydrogen (secondary N) is 2. The van der Waals surface area contributed by atoms with Crippen molar-refractivity contribution in [1.82, 2.24) is 15.6 Å². The Kier molecular flexibility index (Phi) is 3.84. The average Bonchev–Trinajstić information content (AvgIpc) is 2.91. The molecule has 5 nitrogen and oxygen atoms in total. The lowest BCUT2D eigenvalue weighted by Crippen LogP contribution is -2.58. The van der Waals surface area contributed by atoms with Crippen LogP contribution in [0.5, 0.6) is 0 Å². The number of fused-ring (bicyclic) bond motifs is 1. The third kappa shape index (κ3) is 2.48. The van der Waals surface area contributed by atoms with Crippen molar-refractivity contribution in [2.45, 2.75) is 13.0 Å². The highest BCUT2D eigenvalue weighted by Gasteiger charge is 2.30. The Bertz CT molecular complexity index is 579. The van der Waals surface area contributed by atoms with Gasteiger partial charge in [0.2, 0.25) is 5.91 Å². The van der Waals surface area contributed by atoms with Gasteiger partial charge in [0.15, 0.2) is 5.13 Å². The summed E-state index contributed by atoms with van der Waals surface area (Å²) >= 11 is 1.65. The molecule has 1 atom stereocenters. The zero-order chi connectivity index (χ0) is 13.9. The number of thiazole rings is 1. The minimum atomic E-state index is -0.177. The number of carbonyl (C=O) groups is 1. The standard InChI is InChI=1S/C14H18N4OS/c1-2-16-13(19)11-9-15-7-8-18(11)14-17-10-5-3-4-6-12(10)20-14/h3-6,11,15H,2,7-9H2,1H3,(H,16,19). The van der Waals surface area contributed by atoms with Crippen LogP contribution in [-0.2, 0) is 4.79 Å². The highest BCUT2D eigenvalue weighted by Crippen LogP contribution is 2.30. The molecule has 2 heterocycles. The van der Waals surface area contributed by atoms with Gasteiger partial charge in [0.1, 0.15) is 6.04 Å². The number of amides is 1. The molecule has 1 aliphatic rings. The minimum Gasteiger partial charge on any atom is -0.355 e. The van der Waals surface area contributed by atoms with Crippen molar-refractivity contribution >= 4 is 32.6 Å². The van der Waals surface area contributed by atoms with Crippen molar-refractivity contribution in [3.63, 3.8) is 0 Å². The summed E-state index contributed by atoms with van der Waals surface area (Å²) in [6.45, 7) is 4.95. The Morgan fingerprint density at radius 2 is 2.40 bits per heavy atom. The quantitative estimate of drug-likeness (QED) is 0.892. The maximum Gasteiger partial charge on any atom is 0.244 e. The van der Waals surface area contributed by atoms with Crippen molar-refractivity contribution in [3.8, 4) is 0 Å². The molecule has 0 bridgehead atoms. The fourth-order valence-corrected chi connectivity index (χ4v) is 3.48. The van der Waals surface area contributed by atoms with Crippen LogP contribution >= 0.6 is 11.3 Å². The van der Waals surface area contributed by atoms with Crippen LogP contribution < -0.4 is 15.5 Å². The molecule has 106 valence electrons. The molecule has 1 aliphatic heterocycles. The highest BCUT2D eigenvalue weighted by atomic mass is 32.1. The maximum absolute atomic E-state index is 12.2. The molecule has 1 fully saturated rings. The highest BCUT2D eigenvalue weighted by molar-refractivity contribution is 7.22. The Hall–Kier alpha value is -1.66. The Morgan fingerprint density at radius 1 is 1.55 bits per heavy atom. The molecule has 2 N–H and O–H groups in total. The lowest BCUT2D eigenvalue weighted by molar-refractivity contribution is -0.122. The molecule has 20 heavy (non-hydrogen) atoms. The molecule has 1 unspecified atom stereocenters. The minimum absolute atomic E-state index is 0.0685. The van der Waals surface area contributed by atoms with E-state index in [1.807, 2.05) is 25.1 Å². The Labute approximate surface area is 122 Å². The van der Waals surface area contributed by atoms with E-state index < -0.39 is 0 Å². The van der Waals surface area contributed by atoms with E-state index >= 15 is 0 Å². The zero-order valence-corrected chi connectivity index (χ0v) is 12.2. The topological polar surface area (TPSA) is 57.3 Å². The van der Waals surface area contributed by atoms with Crippen LogP contribution in [0.25, 0.3) is 10.2 Å². The van der Waals surface area contributed by atoms with Crippen LogP contribution in [0.1, 0.15) is 6.92 Å². The number of rotatable bonds is 3. The molecule has 1 aromatic heterocycles. The molecule has 0 radical (unpaired) electrons. The second-order valence-electron chi connectivity index (χ2n) is 4.77. The summed E-state index contributed by atoms with van der Waals surface area (Å²) < 4.78 is 1.16. The van der Waals surface area contributed by atoms with Crippen LogP contribution in [-0.4, -0.2) is 43.1 Å². The monoisotopic (exact) mass is 290 g/mol. The molecule has 1 saturated heterocycles. The molecule has 2 aromatic rings. The smallest absolute Gasteiger partial charge is 0.244 e. The van der Waals surface area contributed by atoms with Crippen molar-refractivity contribution in [1.29, 1.82) is 0 Å². The number of para-hydroxylation sites is 1. The molecule has 1 amide bonds. The number of anilines is 1. The van der Waals surface area contributed by atoms with Crippen LogP contribution in [0.15, 0.2) is 24.3 Å². The first-order valence-electron chi connectivity index (χ1n) is 6.90. The van der Waals surface area contributed by atoms with Crippen molar-refractivity contribution in [2.24, 2.45) is 0 Å². The lowest BCUT2D eigenvalue weighted by Gasteiger charge is -2.34. The number of carbonyl (C=O) groups excluding carboxylic acids is 1. The number of piperazine rings is 1. The first-order valence-corrected chi connectivity index (χ1v) is 7.72. The number of hydrogen-bond donors (Lipinski definition) is 2. The molecular weight excluding hydrogens is 272 g/mol. The number of hydrogen-bond acceptors (Lipinski definition) is 5. The summed E-state index contributed by atoms with van der Waals surface area (Å²) in [6.07, 6.45) is 0. The van der Waals surface area contributed by atoms with E-state index in [1.165, 1.54) is 0 Å². The predicted molar refractivity (Wildman–Crippen MR) is 82.3 cm³/mol. The van der Waals surface area contributed by atoms with E-state index in [4.69, 9.17) is 0 Å². The van der Waals surface area contributed by atoms with E-state index in [9.17, 15) is 4.79 Å². The number of likely N-dealkylation sites (N-methyl/N-ethyl adjacent to an activating group) is 1. The average molecular weight is 290 g/mol. The Balaban J connectivity index is 1.90. The second-order valence-corrected chi connectivity index (χ2v) is 5.78. The predicted octanol–water partition coefficient (Wildman–Crippen LogP) is 1.21. The largest absolute Gasteiger partial charge is 0.355 e. The second kappa shape index (κ2) is 5.76. The van der Waals surface area contributed by atoms with Crippen molar-refractivity contribution in [2.75, 3.05) is 31.1 Å². The van der Waals surface area contributed by atoms with Crippen LogP contribution in [0.4, 0.5) is 5.13 Å². The van der Waals surface area contributed by atoms with Crippen molar-refractivity contribution < 1.29 is 4.79 Å². The van der Waals surface area contributed by atoms with E-state index in [0.29, 0.717) is 13.1 Å². The maximum atomic E-state index is 12.2. The van der Waals surface area contributed by atoms with Gasteiger partial charge in [-0.1, -0.05) is 23.5 Å². The fraction of sp³-hybridized carbons (Fsp3) is 0.429. The van der Waals surface area contributed by atoms with Crippen molar-refractivity contribution in [3.05, 3.63) is 24.3 Å². The van der Waals surface area contributed by atoms with Gasteiger partial charge in [0.05, 0.1) is 10.2 Å². The molecule has 0 spiro atoms. The summed E-state index contributed by atoms with van der Waals surface area (Å²) in [5.41, 5.74) is 1.00. The first-order chi connectivity index (χ1) is 9.79. The van der Waals surface area contributed by atoms with Gasteiger partial charge in [-0.25, -0.2) is 4.98 Å². The normalized spacial score (nSPS) is 19.2. The summed E-state index contributed by atoms with van der Waals surface area (Å²) in [6, 6.07) is 7.91. The van der Waals surface area contributed by atoms with E-state index in [1.54, 1.807) is 11.3 Å². The number of aromatic nitrogens is 1. The van der Waals surface area contributed by atoms with Gasteiger partial charge in [0, 0.05) is 26.2 Å². The Morgan fingerprint density at radius 3 is 3.20 bits per heavy atom. The third-order valence-corrected chi connectivity index (χ3v) is 4.50. The first kappa shape index (κ1) is 13.3. The third-order valence-electron chi connectivity index (χ3n) is 3.43. The summed E-state index contributed by atoms with van der Waals surface area (Å²) in [7, 11) is 0. The molecular formula is C14H18N4OS. The van der Waals surface area contributed by atoms with E-state index in [2.05, 4.69) is 26.6 Å². The number of benzene rings is 1. The molecule has 1 aromatic carbocycles. The van der Waals surface area contributed by atoms with Crippen LogP contribution in [0.2, 0.25) is 0 Å². The van der Waals surface area contributed by atoms with Crippen LogP contribution in [0.3, 0.4) is 0 Å². The SMILES string of the molecule is CCNC(=O)C1CNCCN1c1nc2ccccc2s1. The summed E-state index contributed by atoms with van der Waals surface area (Å²) in [5, 5.41) is 7.12. The molecule has 0 aliphatic carbocycles. The molecule has 0 saturated carbocycles. The van der Waals surface area contributed by atoms with Gasteiger partial charge in [-0.2, -0.15) is 0 Å². The van der Waals surface area contributed by atoms with Gasteiger partial charge in [-0.3, -0.25) is 4.79 Å². The van der Waals surface area contributed by atoms with Gasteiger partial charge < -0.3 is 15.5 Å². The van der Waals surface area contributed by atoms with Crippen LogP contribution in [0, 0.1) is 0 Å². The van der Waals surface area contributed by atoms with Gasteiger partial charge in [0.25, 0.3) is 0 Å². The van der Waals surface area contributed by atoms with Gasteiger partial charge in [-0.15, -0.1) is 0 Å². The zero-order valence-electron chi connectivity index (χ0n) is 11.4. The van der Waals surface area contributed by atoms with Gasteiger partial charge in [-0.05, 0) is 19.1 Å². The molecule has 6 heteroatoms. The molecule has 3 rings (SSSR count). The van der Waals surface area contributed by atoms with E-state index in [-0.39, 0.29) is 11.9 Å². The van der Waals surface area contributed by atoms with Gasteiger partial charge >= 0.3 is 0 Å².